The van der Waals surface area contributed by atoms with E-state index in [1.54, 1.807) is 11.3 Å². The van der Waals surface area contributed by atoms with Gasteiger partial charge in [-0.1, -0.05) is 0 Å². The molecular weight excluding hydrogens is 236 g/mol. The Balaban J connectivity index is 1.69. The van der Waals surface area contributed by atoms with Gasteiger partial charge in [0.2, 0.25) is 0 Å². The van der Waals surface area contributed by atoms with Crippen molar-refractivity contribution in [1.29, 1.82) is 5.26 Å². The van der Waals surface area contributed by atoms with Gasteiger partial charge in [-0.25, -0.2) is 0 Å². The Morgan fingerprint density at radius 2 is 2.25 bits per heavy atom. The van der Waals surface area contributed by atoms with Gasteiger partial charge < -0.3 is 5.32 Å². The van der Waals surface area contributed by atoms with Crippen molar-refractivity contribution in [3.63, 3.8) is 0 Å². The van der Waals surface area contributed by atoms with Gasteiger partial charge in [-0.3, -0.25) is 0 Å². The molecule has 1 saturated heterocycles. The van der Waals surface area contributed by atoms with E-state index >= 15 is 0 Å². The molecule has 2 heterocycles. The summed E-state index contributed by atoms with van der Waals surface area (Å²) in [4.78, 5) is 1.27. The van der Waals surface area contributed by atoms with E-state index in [-0.39, 0.29) is 0 Å². The van der Waals surface area contributed by atoms with Crippen LogP contribution >= 0.6 is 23.1 Å². The first-order valence-corrected chi connectivity index (χ1v) is 7.68. The molecule has 0 amide bonds. The highest BCUT2D eigenvalue weighted by atomic mass is 32.2. The van der Waals surface area contributed by atoms with Gasteiger partial charge in [-0.15, -0.1) is 11.3 Å². The molecule has 0 atom stereocenters. The second-order valence-electron chi connectivity index (χ2n) is 4.10. The smallest absolute Gasteiger partial charge is 0.100 e. The molecule has 1 aromatic rings. The lowest BCUT2D eigenvalue weighted by atomic mass is 10.0. The molecule has 1 aliphatic heterocycles. The predicted molar refractivity (Wildman–Crippen MR) is 70.8 cm³/mol. The molecule has 16 heavy (non-hydrogen) atoms. The maximum absolute atomic E-state index is 8.71. The fourth-order valence-electron chi connectivity index (χ4n) is 1.88. The molecule has 0 spiro atoms. The summed E-state index contributed by atoms with van der Waals surface area (Å²) in [6.07, 6.45) is 2.71. The molecule has 0 saturated carbocycles. The zero-order valence-electron chi connectivity index (χ0n) is 9.24. The van der Waals surface area contributed by atoms with Crippen LogP contribution in [0.3, 0.4) is 0 Å². The summed E-state index contributed by atoms with van der Waals surface area (Å²) in [6.45, 7) is 2.04. The van der Waals surface area contributed by atoms with E-state index in [0.717, 1.165) is 24.6 Å². The maximum Gasteiger partial charge on any atom is 0.100 e. The highest BCUT2D eigenvalue weighted by Crippen LogP contribution is 2.22. The SMILES string of the molecule is N#Cc1csc(CNCC2CCSCC2)c1. The molecule has 0 unspecified atom stereocenters. The van der Waals surface area contributed by atoms with Crippen LogP contribution < -0.4 is 5.32 Å². The molecular formula is C12H16N2S2. The number of nitrogens with one attached hydrogen (secondary N) is 1. The van der Waals surface area contributed by atoms with Gasteiger partial charge in [0.1, 0.15) is 6.07 Å². The highest BCUT2D eigenvalue weighted by Gasteiger charge is 2.12. The summed E-state index contributed by atoms with van der Waals surface area (Å²) in [5.41, 5.74) is 0.788. The first-order valence-electron chi connectivity index (χ1n) is 5.64. The molecule has 86 valence electrons. The molecule has 2 rings (SSSR count). The lowest BCUT2D eigenvalue weighted by molar-refractivity contribution is 0.448. The Kier molecular flexibility index (Phi) is 4.70. The van der Waals surface area contributed by atoms with Gasteiger partial charge in [0.25, 0.3) is 0 Å². The van der Waals surface area contributed by atoms with E-state index in [4.69, 9.17) is 5.26 Å². The Morgan fingerprint density at radius 3 is 2.94 bits per heavy atom. The number of thioether (sulfide) groups is 1. The molecule has 0 radical (unpaired) electrons. The number of nitriles is 1. The Labute approximate surface area is 105 Å². The molecule has 4 heteroatoms. The van der Waals surface area contributed by atoms with E-state index < -0.39 is 0 Å². The van der Waals surface area contributed by atoms with Crippen LogP contribution in [-0.2, 0) is 6.54 Å². The van der Waals surface area contributed by atoms with E-state index in [1.807, 2.05) is 11.4 Å². The number of nitrogens with zero attached hydrogens (tertiary/aromatic N) is 1. The third-order valence-electron chi connectivity index (χ3n) is 2.86. The van der Waals surface area contributed by atoms with Crippen molar-refractivity contribution < 1.29 is 0 Å². The molecule has 1 N–H and O–H groups in total. The molecule has 0 aliphatic carbocycles. The number of thiophene rings is 1. The van der Waals surface area contributed by atoms with Crippen molar-refractivity contribution >= 4 is 23.1 Å². The fourth-order valence-corrected chi connectivity index (χ4v) is 3.87. The summed E-state index contributed by atoms with van der Waals surface area (Å²) in [5, 5.41) is 14.1. The van der Waals surface area contributed by atoms with Crippen LogP contribution in [0.5, 0.6) is 0 Å². The number of rotatable bonds is 4. The van der Waals surface area contributed by atoms with Gasteiger partial charge in [0.15, 0.2) is 0 Å². The van der Waals surface area contributed by atoms with Crippen LogP contribution in [0.2, 0.25) is 0 Å². The van der Waals surface area contributed by atoms with Crippen molar-refractivity contribution in [2.24, 2.45) is 5.92 Å². The molecule has 1 fully saturated rings. The van der Waals surface area contributed by atoms with Crippen LogP contribution in [0.15, 0.2) is 11.4 Å². The average Bonchev–Trinajstić information content (AvgIpc) is 2.78. The molecule has 0 aromatic carbocycles. The second kappa shape index (κ2) is 6.29. The minimum atomic E-state index is 0.788. The van der Waals surface area contributed by atoms with Gasteiger partial charge >= 0.3 is 0 Å². The van der Waals surface area contributed by atoms with Crippen LogP contribution in [0, 0.1) is 17.2 Å². The normalized spacial score (nSPS) is 17.2. The number of hydrogen-bond acceptors (Lipinski definition) is 4. The van der Waals surface area contributed by atoms with Crippen molar-refractivity contribution in [2.75, 3.05) is 18.1 Å². The summed E-state index contributed by atoms with van der Waals surface area (Å²) >= 11 is 3.74. The fraction of sp³-hybridized carbons (Fsp3) is 0.583. The quantitative estimate of drug-likeness (QED) is 0.895. The van der Waals surface area contributed by atoms with Crippen LogP contribution in [0.25, 0.3) is 0 Å². The summed E-state index contributed by atoms with van der Waals surface area (Å²) in [6, 6.07) is 4.15. The second-order valence-corrected chi connectivity index (χ2v) is 6.32. The van der Waals surface area contributed by atoms with Gasteiger partial charge in [0, 0.05) is 16.8 Å². The van der Waals surface area contributed by atoms with Crippen LogP contribution in [0.4, 0.5) is 0 Å². The Hall–Kier alpha value is -0.500. The van der Waals surface area contributed by atoms with Gasteiger partial charge in [-0.05, 0) is 42.9 Å². The lowest BCUT2D eigenvalue weighted by Gasteiger charge is -2.21. The Bertz CT molecular complexity index is 361. The summed E-state index contributed by atoms with van der Waals surface area (Å²) in [7, 11) is 0. The zero-order chi connectivity index (χ0) is 11.2. The van der Waals surface area contributed by atoms with E-state index in [9.17, 15) is 0 Å². The molecule has 1 aromatic heterocycles. The monoisotopic (exact) mass is 252 g/mol. The third-order valence-corrected chi connectivity index (χ3v) is 4.84. The topological polar surface area (TPSA) is 35.8 Å². The van der Waals surface area contributed by atoms with Crippen molar-refractivity contribution in [3.8, 4) is 6.07 Å². The zero-order valence-corrected chi connectivity index (χ0v) is 10.9. The van der Waals surface area contributed by atoms with Gasteiger partial charge in [0.05, 0.1) is 5.56 Å². The minimum Gasteiger partial charge on any atom is -0.312 e. The van der Waals surface area contributed by atoms with Gasteiger partial charge in [-0.2, -0.15) is 17.0 Å². The van der Waals surface area contributed by atoms with E-state index in [2.05, 4.69) is 23.1 Å². The van der Waals surface area contributed by atoms with E-state index in [1.165, 1.54) is 29.2 Å². The standard InChI is InChI=1S/C12H16N2S2/c13-6-11-5-12(16-9-11)8-14-7-10-1-3-15-4-2-10/h5,9-10,14H,1-4,7-8H2. The maximum atomic E-state index is 8.71. The largest absolute Gasteiger partial charge is 0.312 e. The predicted octanol–water partition coefficient (Wildman–Crippen LogP) is 2.85. The third kappa shape index (κ3) is 3.51. The first kappa shape index (κ1) is 12.0. The Morgan fingerprint density at radius 1 is 1.44 bits per heavy atom. The molecule has 2 nitrogen and oxygen atoms in total. The number of hydrogen-bond donors (Lipinski definition) is 1. The first-order chi connectivity index (χ1) is 7.88. The minimum absolute atomic E-state index is 0.788. The van der Waals surface area contributed by atoms with E-state index in [0.29, 0.717) is 0 Å². The van der Waals surface area contributed by atoms with Crippen LogP contribution in [0.1, 0.15) is 23.3 Å². The molecule has 1 aliphatic rings. The molecule has 0 bridgehead atoms. The highest BCUT2D eigenvalue weighted by molar-refractivity contribution is 7.99. The van der Waals surface area contributed by atoms with Crippen molar-refractivity contribution in [3.05, 3.63) is 21.9 Å². The van der Waals surface area contributed by atoms with Crippen molar-refractivity contribution in [1.82, 2.24) is 5.32 Å². The van der Waals surface area contributed by atoms with Crippen LogP contribution in [-0.4, -0.2) is 18.1 Å². The lowest BCUT2D eigenvalue weighted by Crippen LogP contribution is -2.25. The summed E-state index contributed by atoms with van der Waals surface area (Å²) < 4.78 is 0. The van der Waals surface area contributed by atoms with Crippen molar-refractivity contribution in [2.45, 2.75) is 19.4 Å². The summed E-state index contributed by atoms with van der Waals surface area (Å²) in [5.74, 6) is 3.50. The average molecular weight is 252 g/mol.